The minimum Gasteiger partial charge on any atom is -0.374 e. The van der Waals surface area contributed by atoms with Crippen LogP contribution < -0.4 is 16.0 Å². The Morgan fingerprint density at radius 2 is 1.56 bits per heavy atom. The summed E-state index contributed by atoms with van der Waals surface area (Å²) in [4.78, 5) is 79.5. The molecule has 0 saturated carbocycles. The highest BCUT2D eigenvalue weighted by molar-refractivity contribution is 7.13. The summed E-state index contributed by atoms with van der Waals surface area (Å²) in [6, 6.07) is 18.1. The highest BCUT2D eigenvalue weighted by atomic mass is 32.1. The molecule has 3 saturated heterocycles. The third-order valence-electron chi connectivity index (χ3n) is 13.8. The summed E-state index contributed by atoms with van der Waals surface area (Å²) in [6.07, 6.45) is 9.46. The highest BCUT2D eigenvalue weighted by Gasteiger charge is 2.42. The molecule has 330 valence electrons. The summed E-state index contributed by atoms with van der Waals surface area (Å²) in [7, 11) is 0. The Labute approximate surface area is 374 Å². The van der Waals surface area contributed by atoms with Crippen LogP contribution in [0.1, 0.15) is 101 Å². The Morgan fingerprint density at radius 1 is 0.844 bits per heavy atom. The molecule has 5 aliphatic rings. The molecule has 0 radical (unpaired) electrons. The Hall–Kier alpha value is -6.26. The van der Waals surface area contributed by atoms with Crippen LogP contribution in [0.3, 0.4) is 0 Å². The van der Waals surface area contributed by atoms with Crippen LogP contribution in [0.4, 0.5) is 15.2 Å². The topological polar surface area (TPSA) is 162 Å². The number of nitrogens with one attached hydrogen (secondary N) is 3. The molecule has 16 heteroatoms. The van der Waals surface area contributed by atoms with Gasteiger partial charge in [-0.25, -0.2) is 14.4 Å². The van der Waals surface area contributed by atoms with E-state index in [-0.39, 0.29) is 35.4 Å². The average molecular weight is 884 g/mol. The summed E-state index contributed by atoms with van der Waals surface area (Å²) in [5.41, 5.74) is 6.60. The van der Waals surface area contributed by atoms with Crippen molar-refractivity contribution < 1.29 is 28.4 Å². The molecule has 5 aliphatic heterocycles. The number of imidazole rings is 1. The number of imide groups is 1. The van der Waals surface area contributed by atoms with Gasteiger partial charge in [-0.3, -0.25) is 39.5 Å². The van der Waals surface area contributed by atoms with Crippen molar-refractivity contribution in [2.75, 3.05) is 43.4 Å². The van der Waals surface area contributed by atoms with Crippen LogP contribution in [0.25, 0.3) is 11.1 Å². The molecule has 0 aliphatic carbocycles. The van der Waals surface area contributed by atoms with Gasteiger partial charge < -0.3 is 19.7 Å². The number of amides is 5. The number of hydrogen-bond acceptors (Lipinski definition) is 10. The van der Waals surface area contributed by atoms with E-state index in [1.807, 2.05) is 33.7 Å². The lowest BCUT2D eigenvalue weighted by Crippen LogP contribution is -2.47. The fraction of sp³-hybridized carbons (Fsp3) is 0.396. The van der Waals surface area contributed by atoms with Crippen molar-refractivity contribution in [3.63, 3.8) is 0 Å². The second kappa shape index (κ2) is 17.7. The molecule has 0 spiro atoms. The zero-order valence-corrected chi connectivity index (χ0v) is 36.2. The van der Waals surface area contributed by atoms with Crippen molar-refractivity contribution in [3.8, 4) is 11.1 Å². The summed E-state index contributed by atoms with van der Waals surface area (Å²) in [5.74, 6) is -0.970. The van der Waals surface area contributed by atoms with Gasteiger partial charge in [-0.2, -0.15) is 0 Å². The van der Waals surface area contributed by atoms with Gasteiger partial charge in [-0.15, -0.1) is 11.3 Å². The number of thiazole rings is 1. The standard InChI is InChI=1S/C48H50FN9O5S/c49-38-25-34(24-36-37(38)26-58(47(36)63)44(46(62)54-48-50-17-23-64-48)43-40-2-1-18-57(40)28-51-43)31-5-3-29(4-6-31)33-15-21-56(22-16-33)42(60)27-55-19-13-32(14-20-55)30-7-9-35(10-8-30)52-39-11-12-41(59)53-45(39)61/h3-10,17,23-25,28,32-33,39,44,52H,1-2,11-16,18-22,26-27H2,(H,50,54,62)(H,53,59,61). The molecule has 10 rings (SSSR count). The first kappa shape index (κ1) is 41.7. The zero-order valence-electron chi connectivity index (χ0n) is 35.4. The van der Waals surface area contributed by atoms with Crippen LogP contribution >= 0.6 is 11.3 Å². The van der Waals surface area contributed by atoms with Crippen LogP contribution in [-0.4, -0.2) is 97.5 Å². The summed E-state index contributed by atoms with van der Waals surface area (Å²) >= 11 is 1.28. The quantitative estimate of drug-likeness (QED) is 0.131. The van der Waals surface area contributed by atoms with Crippen LogP contribution in [0.15, 0.2) is 78.6 Å². The molecule has 3 N–H and O–H groups in total. The molecule has 3 fully saturated rings. The molecule has 2 atom stereocenters. The molecule has 14 nitrogen and oxygen atoms in total. The maximum atomic E-state index is 16.0. The molecular formula is C48H50FN9O5S. The maximum absolute atomic E-state index is 16.0. The van der Waals surface area contributed by atoms with Crippen LogP contribution in [0.2, 0.25) is 0 Å². The smallest absolute Gasteiger partial charge is 0.255 e. The predicted molar refractivity (Wildman–Crippen MR) is 239 cm³/mol. The molecule has 5 amide bonds. The normalized spacial score (nSPS) is 20.0. The third kappa shape index (κ3) is 8.43. The SMILES string of the molecule is O=C1CCC(Nc2ccc(C3CCN(CC(=O)N4CCC(c5ccc(-c6cc(F)c7c(c6)C(=O)N(C(C(=O)Nc6nccs6)c6ncn8c6CCC8)C7)cc5)CC4)CC3)cc2)C(=O)N1. The van der Waals surface area contributed by atoms with Gasteiger partial charge >= 0.3 is 0 Å². The molecule has 2 aromatic heterocycles. The van der Waals surface area contributed by atoms with Gasteiger partial charge in [0.1, 0.15) is 11.9 Å². The number of nitrogens with zero attached hydrogens (tertiary/aromatic N) is 6. The van der Waals surface area contributed by atoms with E-state index in [0.717, 1.165) is 75.1 Å². The Bertz CT molecular complexity index is 2580. The first-order valence-electron chi connectivity index (χ1n) is 22.3. The largest absolute Gasteiger partial charge is 0.374 e. The number of carbonyl (C=O) groups excluding carboxylic acids is 5. The van der Waals surface area contributed by atoms with Crippen molar-refractivity contribution in [3.05, 3.63) is 118 Å². The number of hydrogen-bond donors (Lipinski definition) is 3. The number of benzene rings is 3. The van der Waals surface area contributed by atoms with Gasteiger partial charge in [0.15, 0.2) is 11.2 Å². The number of fused-ring (bicyclic) bond motifs is 2. The van der Waals surface area contributed by atoms with Crippen LogP contribution in [0, 0.1) is 5.82 Å². The number of rotatable bonds is 11. The van der Waals surface area contributed by atoms with Crippen molar-refractivity contribution in [1.29, 1.82) is 0 Å². The van der Waals surface area contributed by atoms with E-state index in [9.17, 15) is 24.0 Å². The number of anilines is 2. The molecule has 5 aromatic rings. The van der Waals surface area contributed by atoms with E-state index in [1.54, 1.807) is 24.0 Å². The van der Waals surface area contributed by atoms with Gasteiger partial charge in [0.25, 0.3) is 11.8 Å². The number of piperidine rings is 3. The summed E-state index contributed by atoms with van der Waals surface area (Å²) < 4.78 is 18.0. The Balaban J connectivity index is 0.722. The van der Waals surface area contributed by atoms with Crippen molar-refractivity contribution >= 4 is 51.7 Å². The van der Waals surface area contributed by atoms with E-state index in [2.05, 4.69) is 55.1 Å². The predicted octanol–water partition coefficient (Wildman–Crippen LogP) is 6.23. The summed E-state index contributed by atoms with van der Waals surface area (Å²) in [6.45, 7) is 4.27. The highest BCUT2D eigenvalue weighted by Crippen LogP contribution is 2.39. The lowest BCUT2D eigenvalue weighted by atomic mass is 9.88. The third-order valence-corrected chi connectivity index (χ3v) is 14.4. The molecule has 2 unspecified atom stereocenters. The maximum Gasteiger partial charge on any atom is 0.255 e. The molecule has 3 aromatic carbocycles. The minimum atomic E-state index is -1.05. The Morgan fingerprint density at radius 3 is 2.27 bits per heavy atom. The van der Waals surface area contributed by atoms with Gasteiger partial charge in [0, 0.05) is 60.1 Å². The lowest BCUT2D eigenvalue weighted by Gasteiger charge is -2.36. The van der Waals surface area contributed by atoms with Crippen molar-refractivity contribution in [1.82, 2.24) is 34.6 Å². The first-order chi connectivity index (χ1) is 31.1. The van der Waals surface area contributed by atoms with Gasteiger partial charge in [0.2, 0.25) is 17.7 Å². The van der Waals surface area contributed by atoms with E-state index in [1.165, 1.54) is 33.4 Å². The van der Waals surface area contributed by atoms with Gasteiger partial charge in [-0.05, 0) is 116 Å². The minimum absolute atomic E-state index is 0.0491. The number of carbonyl (C=O) groups is 5. The van der Waals surface area contributed by atoms with Gasteiger partial charge in [-0.1, -0.05) is 36.4 Å². The average Bonchev–Trinajstić information content (AvgIpc) is 4.14. The van der Waals surface area contributed by atoms with E-state index >= 15 is 4.39 Å². The van der Waals surface area contributed by atoms with E-state index in [4.69, 9.17) is 0 Å². The molecule has 7 heterocycles. The lowest BCUT2D eigenvalue weighted by molar-refractivity contribution is -0.134. The zero-order chi connectivity index (χ0) is 43.9. The van der Waals surface area contributed by atoms with Crippen molar-refractivity contribution in [2.45, 2.75) is 88.4 Å². The second-order valence-corrected chi connectivity index (χ2v) is 18.5. The monoisotopic (exact) mass is 883 g/mol. The van der Waals surface area contributed by atoms with Crippen molar-refractivity contribution in [2.24, 2.45) is 0 Å². The molecule has 0 bridgehead atoms. The second-order valence-electron chi connectivity index (χ2n) is 17.6. The number of likely N-dealkylation sites (tertiary alicyclic amines) is 2. The molecule has 64 heavy (non-hydrogen) atoms. The van der Waals surface area contributed by atoms with Crippen LogP contribution in [0.5, 0.6) is 0 Å². The fourth-order valence-corrected chi connectivity index (χ4v) is 10.7. The Kier molecular flexibility index (Phi) is 11.6. The summed E-state index contributed by atoms with van der Waals surface area (Å²) in [5, 5.41) is 10.7. The number of halogens is 1. The van der Waals surface area contributed by atoms with E-state index in [0.29, 0.717) is 60.7 Å². The number of aromatic nitrogens is 3. The first-order valence-corrected chi connectivity index (χ1v) is 23.2. The van der Waals surface area contributed by atoms with Crippen LogP contribution in [-0.2, 0) is 38.7 Å². The fourth-order valence-electron chi connectivity index (χ4n) is 10.2. The van der Waals surface area contributed by atoms with Gasteiger partial charge in [0.05, 0.1) is 25.1 Å². The number of aryl methyl sites for hydroxylation is 1. The molecular weight excluding hydrogens is 834 g/mol. The van der Waals surface area contributed by atoms with E-state index < -0.39 is 29.7 Å².